The Balaban J connectivity index is 1.55. The summed E-state index contributed by atoms with van der Waals surface area (Å²) in [6, 6.07) is 10.1. The zero-order valence-electron chi connectivity index (χ0n) is 12.2. The Morgan fingerprint density at radius 1 is 1.32 bits per heavy atom. The number of hydrogen-bond donors (Lipinski definition) is 1. The van der Waals surface area contributed by atoms with Gasteiger partial charge in [-0.2, -0.15) is 0 Å². The van der Waals surface area contributed by atoms with Crippen molar-refractivity contribution >= 4 is 33.9 Å². The summed E-state index contributed by atoms with van der Waals surface area (Å²) in [5.74, 6) is 0.764. The van der Waals surface area contributed by atoms with E-state index in [2.05, 4.69) is 38.9 Å². The van der Waals surface area contributed by atoms with Crippen molar-refractivity contribution < 1.29 is 0 Å². The summed E-state index contributed by atoms with van der Waals surface area (Å²) in [6.45, 7) is 2.77. The second-order valence-electron chi connectivity index (χ2n) is 4.92. The lowest BCUT2D eigenvalue weighted by Gasteiger charge is -2.06. The number of aryl methyl sites for hydroxylation is 1. The molecule has 0 aliphatic carbocycles. The van der Waals surface area contributed by atoms with Crippen LogP contribution in [0.25, 0.3) is 5.65 Å². The van der Waals surface area contributed by atoms with E-state index in [0.29, 0.717) is 6.54 Å². The third kappa shape index (κ3) is 3.64. The van der Waals surface area contributed by atoms with Crippen LogP contribution in [0.1, 0.15) is 17.0 Å². The third-order valence-corrected chi connectivity index (χ3v) is 4.60. The second-order valence-corrected chi connectivity index (χ2v) is 6.57. The average Bonchev–Trinajstić information content (AvgIpc) is 2.96. The third-order valence-electron chi connectivity index (χ3n) is 3.26. The van der Waals surface area contributed by atoms with E-state index in [-0.39, 0.29) is 0 Å². The molecule has 0 bridgehead atoms. The first-order chi connectivity index (χ1) is 10.7. The van der Waals surface area contributed by atoms with Crippen LogP contribution in [0.3, 0.4) is 0 Å². The molecule has 3 heterocycles. The number of nitrogens with one attached hydrogen (secondary N) is 1. The second kappa shape index (κ2) is 6.89. The molecule has 3 aromatic rings. The average molecular weight is 328 g/mol. The van der Waals surface area contributed by atoms with E-state index in [0.717, 1.165) is 27.0 Å². The molecule has 0 spiro atoms. The molecule has 0 aliphatic rings. The zero-order chi connectivity index (χ0) is 15.4. The predicted molar refractivity (Wildman–Crippen MR) is 94.9 cm³/mol. The molecule has 22 heavy (non-hydrogen) atoms. The number of fused-ring (bicyclic) bond motifs is 1. The summed E-state index contributed by atoms with van der Waals surface area (Å²) in [5, 5.41) is 3.23. The molecule has 0 saturated carbocycles. The molecule has 3 aromatic heterocycles. The van der Waals surface area contributed by atoms with Crippen LogP contribution in [0.15, 0.2) is 48.9 Å². The maximum Gasteiger partial charge on any atom is 0.137 e. The molecule has 0 fully saturated rings. The number of rotatable bonds is 4. The SMILES string of the molecule is Cc1cccc2nc(CSC(=S)NCc3cccnc3)cn12. The topological polar surface area (TPSA) is 42.2 Å². The van der Waals surface area contributed by atoms with Crippen molar-refractivity contribution in [3.8, 4) is 0 Å². The first-order valence-electron chi connectivity index (χ1n) is 6.95. The Kier molecular flexibility index (Phi) is 4.70. The highest BCUT2D eigenvalue weighted by Gasteiger charge is 2.05. The van der Waals surface area contributed by atoms with Gasteiger partial charge in [-0.3, -0.25) is 4.98 Å². The van der Waals surface area contributed by atoms with E-state index in [4.69, 9.17) is 12.2 Å². The maximum atomic E-state index is 5.36. The molecule has 0 atom stereocenters. The number of hydrogen-bond acceptors (Lipinski definition) is 4. The number of thioether (sulfide) groups is 1. The highest BCUT2D eigenvalue weighted by Crippen LogP contribution is 2.15. The highest BCUT2D eigenvalue weighted by molar-refractivity contribution is 8.22. The number of pyridine rings is 2. The Morgan fingerprint density at radius 3 is 3.00 bits per heavy atom. The lowest BCUT2D eigenvalue weighted by molar-refractivity contribution is 0.929. The van der Waals surface area contributed by atoms with Crippen LogP contribution < -0.4 is 5.32 Å². The van der Waals surface area contributed by atoms with Crippen molar-refractivity contribution in [1.29, 1.82) is 0 Å². The van der Waals surface area contributed by atoms with Gasteiger partial charge in [-0.05, 0) is 30.7 Å². The van der Waals surface area contributed by atoms with Crippen LogP contribution in [0.2, 0.25) is 0 Å². The number of nitrogens with zero attached hydrogens (tertiary/aromatic N) is 3. The minimum atomic E-state index is 0.698. The molecule has 0 amide bonds. The number of aromatic nitrogens is 3. The highest BCUT2D eigenvalue weighted by atomic mass is 32.2. The van der Waals surface area contributed by atoms with Crippen LogP contribution in [0.5, 0.6) is 0 Å². The van der Waals surface area contributed by atoms with Crippen molar-refractivity contribution in [2.45, 2.75) is 19.2 Å². The van der Waals surface area contributed by atoms with Crippen LogP contribution >= 0.6 is 24.0 Å². The Bertz CT molecular complexity index is 783. The fourth-order valence-corrected chi connectivity index (χ4v) is 2.98. The summed E-state index contributed by atoms with van der Waals surface area (Å²) < 4.78 is 2.87. The van der Waals surface area contributed by atoms with Gasteiger partial charge in [0, 0.05) is 36.6 Å². The molecule has 112 valence electrons. The Hall–Kier alpha value is -1.92. The van der Waals surface area contributed by atoms with Crippen molar-refractivity contribution in [3.05, 3.63) is 65.9 Å². The lowest BCUT2D eigenvalue weighted by atomic mass is 10.3. The standard InChI is InChI=1S/C16H16N4S2/c1-12-4-2-6-15-19-14(10-20(12)15)11-22-16(21)18-9-13-5-3-7-17-8-13/h2-8,10H,9,11H2,1H3,(H,18,21). The van der Waals surface area contributed by atoms with Gasteiger partial charge in [-0.15, -0.1) is 0 Å². The van der Waals surface area contributed by atoms with Gasteiger partial charge in [0.15, 0.2) is 0 Å². The van der Waals surface area contributed by atoms with Crippen LogP contribution in [0, 0.1) is 6.92 Å². The molecule has 0 aliphatic heterocycles. The molecule has 0 unspecified atom stereocenters. The fourth-order valence-electron chi connectivity index (χ4n) is 2.14. The molecular formula is C16H16N4S2. The number of thiocarbonyl (C=S) groups is 1. The van der Waals surface area contributed by atoms with Gasteiger partial charge < -0.3 is 9.72 Å². The molecule has 0 radical (unpaired) electrons. The largest absolute Gasteiger partial charge is 0.367 e. The van der Waals surface area contributed by atoms with Gasteiger partial charge >= 0.3 is 0 Å². The van der Waals surface area contributed by atoms with Gasteiger partial charge in [0.2, 0.25) is 0 Å². The Morgan fingerprint density at radius 2 is 2.23 bits per heavy atom. The fraction of sp³-hybridized carbons (Fsp3) is 0.188. The van der Waals surface area contributed by atoms with E-state index in [1.807, 2.05) is 30.5 Å². The lowest BCUT2D eigenvalue weighted by Crippen LogP contribution is -2.17. The van der Waals surface area contributed by atoms with Crippen molar-refractivity contribution in [1.82, 2.24) is 19.7 Å². The molecule has 1 N–H and O–H groups in total. The first-order valence-corrected chi connectivity index (χ1v) is 8.35. The van der Waals surface area contributed by atoms with Gasteiger partial charge in [-0.25, -0.2) is 4.98 Å². The van der Waals surface area contributed by atoms with Crippen LogP contribution in [-0.2, 0) is 12.3 Å². The van der Waals surface area contributed by atoms with Gasteiger partial charge in [0.05, 0.1) is 5.69 Å². The van der Waals surface area contributed by atoms with E-state index in [9.17, 15) is 0 Å². The van der Waals surface area contributed by atoms with Crippen LogP contribution in [-0.4, -0.2) is 18.7 Å². The van der Waals surface area contributed by atoms with Crippen molar-refractivity contribution in [2.24, 2.45) is 0 Å². The van der Waals surface area contributed by atoms with Crippen LogP contribution in [0.4, 0.5) is 0 Å². The summed E-state index contributed by atoms with van der Waals surface area (Å²) in [6.07, 6.45) is 5.68. The minimum absolute atomic E-state index is 0.698. The minimum Gasteiger partial charge on any atom is -0.367 e. The molecular weight excluding hydrogens is 312 g/mol. The van der Waals surface area contributed by atoms with E-state index < -0.39 is 0 Å². The Labute approximate surface area is 139 Å². The summed E-state index contributed by atoms with van der Waals surface area (Å²) >= 11 is 6.95. The molecule has 4 nitrogen and oxygen atoms in total. The van der Waals surface area contributed by atoms with Crippen molar-refractivity contribution in [2.75, 3.05) is 0 Å². The van der Waals surface area contributed by atoms with Gasteiger partial charge in [-0.1, -0.05) is 36.1 Å². The molecule has 0 saturated heterocycles. The van der Waals surface area contributed by atoms with Gasteiger partial charge in [0.25, 0.3) is 0 Å². The van der Waals surface area contributed by atoms with E-state index in [1.54, 1.807) is 18.0 Å². The molecule has 0 aromatic carbocycles. The maximum absolute atomic E-state index is 5.36. The quantitative estimate of drug-likeness (QED) is 0.744. The normalized spacial score (nSPS) is 10.8. The van der Waals surface area contributed by atoms with Crippen molar-refractivity contribution in [3.63, 3.8) is 0 Å². The zero-order valence-corrected chi connectivity index (χ0v) is 13.8. The summed E-state index contributed by atoms with van der Waals surface area (Å²) in [7, 11) is 0. The number of imidazole rings is 1. The summed E-state index contributed by atoms with van der Waals surface area (Å²) in [5.41, 5.74) is 4.31. The first kappa shape index (κ1) is 15.0. The summed E-state index contributed by atoms with van der Waals surface area (Å²) in [4.78, 5) is 8.69. The van der Waals surface area contributed by atoms with Gasteiger partial charge in [0.1, 0.15) is 9.97 Å². The van der Waals surface area contributed by atoms with E-state index >= 15 is 0 Å². The monoisotopic (exact) mass is 328 g/mol. The smallest absolute Gasteiger partial charge is 0.137 e. The molecule has 6 heteroatoms. The van der Waals surface area contributed by atoms with E-state index in [1.165, 1.54) is 5.69 Å². The predicted octanol–water partition coefficient (Wildman–Crippen LogP) is 3.35. The molecule has 3 rings (SSSR count).